The Balaban J connectivity index is 2.44. The summed E-state index contributed by atoms with van der Waals surface area (Å²) < 4.78 is 27.6. The number of nitrogens with zero attached hydrogens (tertiary/aromatic N) is 1. The topological polar surface area (TPSA) is 70.0 Å². The number of rotatable bonds is 3. The van der Waals surface area contributed by atoms with Gasteiger partial charge in [-0.1, -0.05) is 18.2 Å². The van der Waals surface area contributed by atoms with Crippen LogP contribution in [-0.4, -0.2) is 8.42 Å². The van der Waals surface area contributed by atoms with Gasteiger partial charge in [-0.15, -0.1) is 0 Å². The van der Waals surface area contributed by atoms with Gasteiger partial charge >= 0.3 is 0 Å². The summed E-state index contributed by atoms with van der Waals surface area (Å²) in [6, 6.07) is 12.1. The summed E-state index contributed by atoms with van der Waals surface area (Å²) in [7, 11) is -3.67. The molecule has 0 amide bonds. The number of para-hydroxylation sites is 1. The Morgan fingerprint density at radius 2 is 1.62 bits per heavy atom. The Kier molecular flexibility index (Phi) is 4.01. The number of hydrogen-bond donors (Lipinski definition) is 1. The van der Waals surface area contributed by atoms with E-state index in [2.05, 4.69) is 4.72 Å². The zero-order valence-corrected chi connectivity index (χ0v) is 13.0. The van der Waals surface area contributed by atoms with Crippen LogP contribution in [0, 0.1) is 32.1 Å². The quantitative estimate of drug-likeness (QED) is 0.945. The van der Waals surface area contributed by atoms with Crippen molar-refractivity contribution in [2.24, 2.45) is 0 Å². The fourth-order valence-corrected chi connectivity index (χ4v) is 3.39. The fraction of sp³-hybridized carbons (Fsp3) is 0.188. The molecule has 1 N–H and O–H groups in total. The van der Waals surface area contributed by atoms with Crippen LogP contribution in [0.1, 0.15) is 22.3 Å². The molecule has 2 aromatic rings. The van der Waals surface area contributed by atoms with Crippen LogP contribution in [-0.2, 0) is 10.0 Å². The number of nitrogens with one attached hydrogen (secondary N) is 1. The van der Waals surface area contributed by atoms with Crippen LogP contribution in [0.25, 0.3) is 0 Å². The van der Waals surface area contributed by atoms with Crippen molar-refractivity contribution in [2.75, 3.05) is 4.72 Å². The van der Waals surface area contributed by atoms with E-state index in [4.69, 9.17) is 5.26 Å². The van der Waals surface area contributed by atoms with Gasteiger partial charge in [-0.25, -0.2) is 8.42 Å². The van der Waals surface area contributed by atoms with Crippen LogP contribution in [0.15, 0.2) is 41.3 Å². The molecule has 0 atom stereocenters. The minimum Gasteiger partial charge on any atom is -0.279 e. The van der Waals surface area contributed by atoms with Crippen molar-refractivity contribution in [3.8, 4) is 6.07 Å². The molecule has 0 unspecified atom stereocenters. The van der Waals surface area contributed by atoms with Crippen LogP contribution in [0.5, 0.6) is 0 Å². The highest BCUT2D eigenvalue weighted by Crippen LogP contribution is 2.24. The van der Waals surface area contributed by atoms with Crippen molar-refractivity contribution >= 4 is 15.7 Å². The maximum Gasteiger partial charge on any atom is 0.261 e. The van der Waals surface area contributed by atoms with Crippen LogP contribution >= 0.6 is 0 Å². The lowest BCUT2D eigenvalue weighted by molar-refractivity contribution is 0.601. The minimum absolute atomic E-state index is 0.154. The Morgan fingerprint density at radius 3 is 2.14 bits per heavy atom. The molecule has 0 saturated carbocycles. The van der Waals surface area contributed by atoms with Crippen LogP contribution < -0.4 is 4.72 Å². The number of anilines is 1. The van der Waals surface area contributed by atoms with E-state index in [1.165, 1.54) is 18.2 Å². The molecule has 0 radical (unpaired) electrons. The highest BCUT2D eigenvalue weighted by atomic mass is 32.2. The van der Waals surface area contributed by atoms with Gasteiger partial charge in [0.2, 0.25) is 0 Å². The molecule has 0 aliphatic rings. The number of nitriles is 1. The lowest BCUT2D eigenvalue weighted by Crippen LogP contribution is -2.15. The molecule has 4 nitrogen and oxygen atoms in total. The zero-order chi connectivity index (χ0) is 15.6. The van der Waals surface area contributed by atoms with Crippen LogP contribution in [0.4, 0.5) is 5.69 Å². The monoisotopic (exact) mass is 300 g/mol. The summed E-state index contributed by atoms with van der Waals surface area (Å²) in [5, 5.41) is 8.91. The van der Waals surface area contributed by atoms with Gasteiger partial charge in [0, 0.05) is 0 Å². The van der Waals surface area contributed by atoms with Gasteiger partial charge < -0.3 is 0 Å². The van der Waals surface area contributed by atoms with E-state index in [-0.39, 0.29) is 4.90 Å². The summed E-state index contributed by atoms with van der Waals surface area (Å²) in [5.41, 5.74) is 3.44. The first kappa shape index (κ1) is 15.1. The van der Waals surface area contributed by atoms with E-state index in [0.29, 0.717) is 16.8 Å². The van der Waals surface area contributed by atoms with Crippen molar-refractivity contribution < 1.29 is 8.42 Å². The van der Waals surface area contributed by atoms with Gasteiger partial charge in [0.15, 0.2) is 0 Å². The molecule has 0 aliphatic heterocycles. The summed E-state index contributed by atoms with van der Waals surface area (Å²) in [5.74, 6) is 0. The molecule has 21 heavy (non-hydrogen) atoms. The van der Waals surface area contributed by atoms with Gasteiger partial charge in [0.1, 0.15) is 0 Å². The van der Waals surface area contributed by atoms with Crippen LogP contribution in [0.2, 0.25) is 0 Å². The third kappa shape index (κ3) is 3.06. The summed E-state index contributed by atoms with van der Waals surface area (Å²) in [4.78, 5) is 0.154. The SMILES string of the molecule is Cc1cc(S(=O)(=O)Nc2c(C)cccc2C)ccc1C#N. The van der Waals surface area contributed by atoms with E-state index in [9.17, 15) is 8.42 Å². The van der Waals surface area contributed by atoms with Gasteiger partial charge in [-0.3, -0.25) is 4.72 Å². The number of hydrogen-bond acceptors (Lipinski definition) is 3. The smallest absolute Gasteiger partial charge is 0.261 e. The Morgan fingerprint density at radius 1 is 1.00 bits per heavy atom. The number of aryl methyl sites for hydroxylation is 3. The molecule has 0 saturated heterocycles. The number of benzene rings is 2. The molecule has 0 fully saturated rings. The number of sulfonamides is 1. The minimum atomic E-state index is -3.67. The second kappa shape index (κ2) is 5.58. The average Bonchev–Trinajstić information content (AvgIpc) is 2.43. The Labute approximate surface area is 125 Å². The van der Waals surface area contributed by atoms with Crippen molar-refractivity contribution in [3.05, 3.63) is 58.7 Å². The van der Waals surface area contributed by atoms with Crippen molar-refractivity contribution in [3.63, 3.8) is 0 Å². The molecular formula is C16H16N2O2S. The van der Waals surface area contributed by atoms with Crippen molar-refractivity contribution in [1.29, 1.82) is 5.26 Å². The van der Waals surface area contributed by atoms with Crippen molar-refractivity contribution in [2.45, 2.75) is 25.7 Å². The second-order valence-corrected chi connectivity index (χ2v) is 6.64. The molecule has 0 heterocycles. The van der Waals surface area contributed by atoms with Gasteiger partial charge in [-0.05, 0) is 55.7 Å². The first-order valence-electron chi connectivity index (χ1n) is 6.45. The summed E-state index contributed by atoms with van der Waals surface area (Å²) in [6.45, 7) is 5.43. The first-order chi connectivity index (χ1) is 9.85. The molecule has 5 heteroatoms. The van der Waals surface area contributed by atoms with E-state index < -0.39 is 10.0 Å². The average molecular weight is 300 g/mol. The van der Waals surface area contributed by atoms with Gasteiger partial charge in [0.25, 0.3) is 10.0 Å². The van der Waals surface area contributed by atoms with Gasteiger partial charge in [0.05, 0.1) is 22.2 Å². The largest absolute Gasteiger partial charge is 0.279 e. The van der Waals surface area contributed by atoms with E-state index >= 15 is 0 Å². The molecule has 2 rings (SSSR count). The first-order valence-corrected chi connectivity index (χ1v) is 7.93. The highest BCUT2D eigenvalue weighted by molar-refractivity contribution is 7.92. The summed E-state index contributed by atoms with van der Waals surface area (Å²) in [6.07, 6.45) is 0. The Hall–Kier alpha value is -2.32. The van der Waals surface area contributed by atoms with Crippen LogP contribution in [0.3, 0.4) is 0 Å². The lowest BCUT2D eigenvalue weighted by Gasteiger charge is -2.13. The second-order valence-electron chi connectivity index (χ2n) is 4.96. The molecule has 0 bridgehead atoms. The van der Waals surface area contributed by atoms with E-state index in [0.717, 1.165) is 11.1 Å². The van der Waals surface area contributed by atoms with E-state index in [1.54, 1.807) is 6.92 Å². The fourth-order valence-electron chi connectivity index (χ4n) is 2.10. The predicted molar refractivity (Wildman–Crippen MR) is 82.6 cm³/mol. The molecular weight excluding hydrogens is 284 g/mol. The third-order valence-electron chi connectivity index (χ3n) is 3.35. The summed E-state index contributed by atoms with van der Waals surface area (Å²) >= 11 is 0. The Bertz CT molecular complexity index is 814. The lowest BCUT2D eigenvalue weighted by atomic mass is 10.1. The maximum atomic E-state index is 12.5. The molecule has 0 spiro atoms. The molecule has 0 aromatic heterocycles. The van der Waals surface area contributed by atoms with Gasteiger partial charge in [-0.2, -0.15) is 5.26 Å². The zero-order valence-electron chi connectivity index (χ0n) is 12.1. The molecule has 0 aliphatic carbocycles. The predicted octanol–water partition coefficient (Wildman–Crippen LogP) is 3.28. The molecule has 108 valence electrons. The maximum absolute atomic E-state index is 12.5. The molecule has 2 aromatic carbocycles. The standard InChI is InChI=1S/C16H16N2O2S/c1-11-5-4-6-12(2)16(11)18-21(19,20)15-8-7-14(10-17)13(3)9-15/h4-9,18H,1-3H3. The van der Waals surface area contributed by atoms with Crippen molar-refractivity contribution in [1.82, 2.24) is 0 Å². The highest BCUT2D eigenvalue weighted by Gasteiger charge is 2.17. The third-order valence-corrected chi connectivity index (χ3v) is 4.69. The normalized spacial score (nSPS) is 11.0. The van der Waals surface area contributed by atoms with E-state index in [1.807, 2.05) is 38.1 Å².